The number of pyridine rings is 1. The number of ether oxygens (including phenoxy) is 1. The molecule has 6 nitrogen and oxygen atoms in total. The molecule has 0 radical (unpaired) electrons. The summed E-state index contributed by atoms with van der Waals surface area (Å²) in [6, 6.07) is 8.01. The Balaban J connectivity index is 1.90. The Hall–Kier alpha value is -3.09. The van der Waals surface area contributed by atoms with Gasteiger partial charge < -0.3 is 10.1 Å². The van der Waals surface area contributed by atoms with Crippen molar-refractivity contribution in [2.75, 3.05) is 11.9 Å². The Labute approximate surface area is 144 Å². The van der Waals surface area contributed by atoms with Gasteiger partial charge in [-0.2, -0.15) is 0 Å². The highest BCUT2D eigenvalue weighted by molar-refractivity contribution is 6.00. The van der Waals surface area contributed by atoms with Crippen molar-refractivity contribution < 1.29 is 23.5 Å². The van der Waals surface area contributed by atoms with E-state index in [1.807, 2.05) is 0 Å². The van der Waals surface area contributed by atoms with E-state index in [1.54, 1.807) is 6.92 Å². The van der Waals surface area contributed by atoms with Crippen LogP contribution in [0.25, 0.3) is 0 Å². The maximum absolute atomic E-state index is 12.8. The molecule has 0 aliphatic carbocycles. The molecule has 0 aliphatic rings. The number of hydrogen-bond donors (Lipinski definition) is 1. The molecule has 1 N–H and O–H groups in total. The minimum Gasteiger partial charge on any atom is -0.462 e. The van der Waals surface area contributed by atoms with E-state index in [0.717, 1.165) is 0 Å². The molecule has 1 heterocycles. The van der Waals surface area contributed by atoms with Gasteiger partial charge in [0.1, 0.15) is 11.6 Å². The molecule has 7 heteroatoms. The second-order valence-electron chi connectivity index (χ2n) is 5.13. The molecule has 25 heavy (non-hydrogen) atoms. The summed E-state index contributed by atoms with van der Waals surface area (Å²) in [5.41, 5.74) is 0.617. The van der Waals surface area contributed by atoms with Gasteiger partial charge in [0.05, 0.1) is 12.2 Å². The number of anilines is 1. The average molecular weight is 344 g/mol. The number of esters is 1. The second-order valence-corrected chi connectivity index (χ2v) is 5.13. The van der Waals surface area contributed by atoms with Crippen molar-refractivity contribution in [2.45, 2.75) is 19.8 Å². The van der Waals surface area contributed by atoms with Gasteiger partial charge >= 0.3 is 5.97 Å². The molecule has 0 aliphatic heterocycles. The van der Waals surface area contributed by atoms with Crippen LogP contribution in [-0.2, 0) is 9.53 Å². The van der Waals surface area contributed by atoms with Crippen LogP contribution in [-0.4, -0.2) is 29.3 Å². The van der Waals surface area contributed by atoms with Crippen molar-refractivity contribution in [3.8, 4) is 0 Å². The number of rotatable bonds is 7. The Morgan fingerprint density at radius 1 is 1.08 bits per heavy atom. The Bertz CT molecular complexity index is 775. The first-order chi connectivity index (χ1) is 12.0. The first kappa shape index (κ1) is 18.3. The van der Waals surface area contributed by atoms with Crippen molar-refractivity contribution in [1.82, 2.24) is 4.98 Å². The molecule has 0 atom stereocenters. The fourth-order valence-electron chi connectivity index (χ4n) is 2.05. The molecule has 0 bridgehead atoms. The fraction of sp³-hybridized carbons (Fsp3) is 0.222. The molecular weight excluding hydrogens is 327 g/mol. The highest BCUT2D eigenvalue weighted by Crippen LogP contribution is 2.11. The van der Waals surface area contributed by atoms with Crippen LogP contribution in [0.5, 0.6) is 0 Å². The van der Waals surface area contributed by atoms with E-state index in [4.69, 9.17) is 4.74 Å². The van der Waals surface area contributed by atoms with Crippen molar-refractivity contribution in [3.63, 3.8) is 0 Å². The lowest BCUT2D eigenvalue weighted by Gasteiger charge is -2.06. The number of benzene rings is 1. The van der Waals surface area contributed by atoms with Crippen molar-refractivity contribution in [2.24, 2.45) is 0 Å². The lowest BCUT2D eigenvalue weighted by atomic mass is 10.1. The minimum atomic E-state index is -0.508. The van der Waals surface area contributed by atoms with E-state index >= 15 is 0 Å². The summed E-state index contributed by atoms with van der Waals surface area (Å²) in [4.78, 5) is 39.5. The quantitative estimate of drug-likeness (QED) is 0.616. The number of amides is 1. The normalized spacial score (nSPS) is 10.2. The summed E-state index contributed by atoms with van der Waals surface area (Å²) in [6.45, 7) is 1.94. The topological polar surface area (TPSA) is 85.4 Å². The average Bonchev–Trinajstić information content (AvgIpc) is 2.61. The number of nitrogens with one attached hydrogen (secondary N) is 1. The first-order valence-electron chi connectivity index (χ1n) is 7.71. The molecule has 1 aromatic carbocycles. The third kappa shape index (κ3) is 5.49. The largest absolute Gasteiger partial charge is 0.462 e. The maximum Gasteiger partial charge on any atom is 0.338 e. The van der Waals surface area contributed by atoms with Crippen molar-refractivity contribution in [3.05, 3.63) is 59.5 Å². The van der Waals surface area contributed by atoms with E-state index < -0.39 is 17.7 Å². The minimum absolute atomic E-state index is 0.0188. The molecule has 2 aromatic rings. The number of aromatic nitrogens is 1. The molecule has 0 unspecified atom stereocenters. The smallest absolute Gasteiger partial charge is 0.338 e. The number of carbonyl (C=O) groups excluding carboxylic acids is 3. The highest BCUT2D eigenvalue weighted by atomic mass is 19.1. The summed E-state index contributed by atoms with van der Waals surface area (Å²) in [6.07, 6.45) is 1.31. The maximum atomic E-state index is 12.8. The molecule has 0 saturated carbocycles. The molecule has 130 valence electrons. The van der Waals surface area contributed by atoms with E-state index in [9.17, 15) is 18.8 Å². The Kier molecular flexibility index (Phi) is 6.33. The number of halogens is 1. The third-order valence-electron chi connectivity index (χ3n) is 3.28. The molecule has 1 aromatic heterocycles. The van der Waals surface area contributed by atoms with Crippen LogP contribution < -0.4 is 5.32 Å². The van der Waals surface area contributed by atoms with Crippen LogP contribution in [0.15, 0.2) is 42.6 Å². The van der Waals surface area contributed by atoms with Crippen LogP contribution in [0.3, 0.4) is 0 Å². The van der Waals surface area contributed by atoms with Crippen molar-refractivity contribution >= 4 is 23.5 Å². The lowest BCUT2D eigenvalue weighted by molar-refractivity contribution is -0.116. The monoisotopic (exact) mass is 344 g/mol. The summed E-state index contributed by atoms with van der Waals surface area (Å²) in [5.74, 6) is -1.41. The summed E-state index contributed by atoms with van der Waals surface area (Å²) >= 11 is 0. The zero-order valence-electron chi connectivity index (χ0n) is 13.6. The molecule has 0 fully saturated rings. The number of hydrogen-bond acceptors (Lipinski definition) is 5. The molecule has 2 rings (SSSR count). The first-order valence-corrected chi connectivity index (χ1v) is 7.71. The molecule has 0 spiro atoms. The number of ketones is 1. The van der Waals surface area contributed by atoms with Crippen LogP contribution in [0.4, 0.5) is 10.2 Å². The van der Waals surface area contributed by atoms with Gasteiger partial charge in [0.15, 0.2) is 5.78 Å². The molecule has 1 amide bonds. The SMILES string of the molecule is CCOC(=O)c1ccnc(NC(=O)CCC(=O)c2ccc(F)cc2)c1. The van der Waals surface area contributed by atoms with Crippen LogP contribution >= 0.6 is 0 Å². The molecule has 0 saturated heterocycles. The number of nitrogens with zero attached hydrogens (tertiary/aromatic N) is 1. The highest BCUT2D eigenvalue weighted by Gasteiger charge is 2.12. The van der Waals surface area contributed by atoms with Gasteiger partial charge in [0.2, 0.25) is 5.91 Å². The van der Waals surface area contributed by atoms with Gasteiger partial charge in [-0.1, -0.05) is 0 Å². The van der Waals surface area contributed by atoms with E-state index in [1.165, 1.54) is 42.6 Å². The van der Waals surface area contributed by atoms with Crippen LogP contribution in [0, 0.1) is 5.82 Å². The standard InChI is InChI=1S/C18H17FN2O4/c1-2-25-18(24)13-9-10-20-16(11-13)21-17(23)8-7-15(22)12-3-5-14(19)6-4-12/h3-6,9-11H,2,7-8H2,1H3,(H,20,21,23). The van der Waals surface area contributed by atoms with Gasteiger partial charge in [-0.3, -0.25) is 9.59 Å². The lowest BCUT2D eigenvalue weighted by Crippen LogP contribution is -2.15. The third-order valence-corrected chi connectivity index (χ3v) is 3.28. The van der Waals surface area contributed by atoms with E-state index in [2.05, 4.69) is 10.3 Å². The zero-order chi connectivity index (χ0) is 18.2. The number of Topliss-reactive ketones (excluding diaryl/α,β-unsaturated/α-hetero) is 1. The zero-order valence-corrected chi connectivity index (χ0v) is 13.6. The summed E-state index contributed by atoms with van der Waals surface area (Å²) < 4.78 is 17.7. The fourth-order valence-corrected chi connectivity index (χ4v) is 2.05. The van der Waals surface area contributed by atoms with Gasteiger partial charge in [0.25, 0.3) is 0 Å². The van der Waals surface area contributed by atoms with Crippen LogP contribution in [0.2, 0.25) is 0 Å². The van der Waals surface area contributed by atoms with E-state index in [0.29, 0.717) is 5.56 Å². The second kappa shape index (κ2) is 8.68. The predicted octanol–water partition coefficient (Wildman–Crippen LogP) is 3.00. The Morgan fingerprint density at radius 3 is 2.48 bits per heavy atom. The van der Waals surface area contributed by atoms with Crippen LogP contribution in [0.1, 0.15) is 40.5 Å². The number of carbonyl (C=O) groups is 3. The van der Waals surface area contributed by atoms with Crippen molar-refractivity contribution in [1.29, 1.82) is 0 Å². The van der Waals surface area contributed by atoms with Gasteiger partial charge in [0, 0.05) is 24.6 Å². The van der Waals surface area contributed by atoms with Gasteiger partial charge in [-0.15, -0.1) is 0 Å². The Morgan fingerprint density at radius 2 is 1.80 bits per heavy atom. The van der Waals surface area contributed by atoms with Gasteiger partial charge in [-0.05, 0) is 43.3 Å². The summed E-state index contributed by atoms with van der Waals surface area (Å²) in [7, 11) is 0. The van der Waals surface area contributed by atoms with Gasteiger partial charge in [-0.25, -0.2) is 14.2 Å². The van der Waals surface area contributed by atoms with E-state index in [-0.39, 0.29) is 36.6 Å². The summed E-state index contributed by atoms with van der Waals surface area (Å²) in [5, 5.41) is 2.53. The predicted molar refractivity (Wildman–Crippen MR) is 88.8 cm³/mol. The molecular formula is C18H17FN2O4.